The highest BCUT2D eigenvalue weighted by Gasteiger charge is 2.27. The summed E-state index contributed by atoms with van der Waals surface area (Å²) in [7, 11) is 0. The van der Waals surface area contributed by atoms with E-state index in [0.29, 0.717) is 0 Å². The number of rotatable bonds is 3. The lowest BCUT2D eigenvalue weighted by molar-refractivity contribution is -0.134. The molecule has 114 valence electrons. The van der Waals surface area contributed by atoms with Gasteiger partial charge in [0.25, 0.3) is 5.56 Å². The smallest absolute Gasteiger partial charge is 0.250 e. The first-order chi connectivity index (χ1) is 10.2. The molecule has 1 aromatic heterocycles. The maximum atomic E-state index is 12.3. The average molecular weight is 289 g/mol. The summed E-state index contributed by atoms with van der Waals surface area (Å²) in [6.07, 6.45) is 7.00. The Hall–Kier alpha value is -1.62. The van der Waals surface area contributed by atoms with Crippen LogP contribution in [0, 0.1) is 0 Å². The van der Waals surface area contributed by atoms with Crippen LogP contribution in [0.4, 0.5) is 0 Å². The number of hydrogen-bond donors (Lipinski definition) is 0. The van der Waals surface area contributed by atoms with Crippen LogP contribution in [0.3, 0.4) is 0 Å². The van der Waals surface area contributed by atoms with Crippen molar-refractivity contribution in [2.45, 2.75) is 38.3 Å². The van der Waals surface area contributed by atoms with Crippen LogP contribution >= 0.6 is 0 Å². The van der Waals surface area contributed by atoms with Gasteiger partial charge in [0, 0.05) is 44.5 Å². The molecule has 1 aliphatic heterocycles. The second-order valence-corrected chi connectivity index (χ2v) is 6.02. The molecule has 1 aliphatic carbocycles. The van der Waals surface area contributed by atoms with E-state index in [1.165, 1.54) is 36.3 Å². The lowest BCUT2D eigenvalue weighted by atomic mass is 10.2. The summed E-state index contributed by atoms with van der Waals surface area (Å²) < 4.78 is 1.48. The first kappa shape index (κ1) is 14.3. The first-order valence-corrected chi connectivity index (χ1v) is 7.91. The molecule has 0 aromatic carbocycles. The predicted molar refractivity (Wildman–Crippen MR) is 81.1 cm³/mol. The highest BCUT2D eigenvalue weighted by molar-refractivity contribution is 5.76. The van der Waals surface area contributed by atoms with Crippen LogP contribution in [0.25, 0.3) is 0 Å². The van der Waals surface area contributed by atoms with Crippen molar-refractivity contribution >= 4 is 5.91 Å². The summed E-state index contributed by atoms with van der Waals surface area (Å²) in [6.45, 7) is 3.68. The topological polar surface area (TPSA) is 45.6 Å². The van der Waals surface area contributed by atoms with E-state index in [1.54, 1.807) is 18.3 Å². The molecule has 1 saturated heterocycles. The molecular formula is C16H23N3O2. The van der Waals surface area contributed by atoms with E-state index < -0.39 is 0 Å². The molecule has 0 bridgehead atoms. The van der Waals surface area contributed by atoms with Crippen molar-refractivity contribution in [3.05, 3.63) is 34.7 Å². The average Bonchev–Trinajstić information content (AvgIpc) is 3.04. The minimum absolute atomic E-state index is 0.0503. The highest BCUT2D eigenvalue weighted by Crippen LogP contribution is 2.24. The van der Waals surface area contributed by atoms with Crippen LogP contribution in [0.15, 0.2) is 29.2 Å². The molecule has 5 nitrogen and oxygen atoms in total. The number of hydrogen-bond acceptors (Lipinski definition) is 3. The molecular weight excluding hydrogens is 266 g/mol. The van der Waals surface area contributed by atoms with Crippen molar-refractivity contribution in [1.82, 2.24) is 14.4 Å². The van der Waals surface area contributed by atoms with Gasteiger partial charge < -0.3 is 9.47 Å². The molecule has 0 unspecified atom stereocenters. The number of carbonyl (C=O) groups is 1. The van der Waals surface area contributed by atoms with Gasteiger partial charge in [-0.1, -0.05) is 18.9 Å². The van der Waals surface area contributed by atoms with E-state index in [4.69, 9.17) is 0 Å². The molecule has 2 fully saturated rings. The fourth-order valence-electron chi connectivity index (χ4n) is 3.44. The number of nitrogens with zero attached hydrogens (tertiary/aromatic N) is 3. The van der Waals surface area contributed by atoms with Crippen molar-refractivity contribution < 1.29 is 4.79 Å². The monoisotopic (exact) mass is 289 g/mol. The van der Waals surface area contributed by atoms with E-state index >= 15 is 0 Å². The van der Waals surface area contributed by atoms with Crippen LogP contribution < -0.4 is 5.56 Å². The Labute approximate surface area is 125 Å². The second-order valence-electron chi connectivity index (χ2n) is 6.02. The van der Waals surface area contributed by atoms with Gasteiger partial charge >= 0.3 is 0 Å². The van der Waals surface area contributed by atoms with E-state index in [2.05, 4.69) is 4.90 Å². The quantitative estimate of drug-likeness (QED) is 0.832. The van der Waals surface area contributed by atoms with Gasteiger partial charge in [-0.05, 0) is 18.9 Å². The van der Waals surface area contributed by atoms with E-state index in [0.717, 1.165) is 32.2 Å². The molecule has 0 atom stereocenters. The zero-order valence-electron chi connectivity index (χ0n) is 12.4. The maximum absolute atomic E-state index is 12.3. The second kappa shape index (κ2) is 6.43. The third kappa shape index (κ3) is 3.35. The zero-order valence-corrected chi connectivity index (χ0v) is 12.4. The largest absolute Gasteiger partial charge is 0.339 e. The van der Waals surface area contributed by atoms with Crippen LogP contribution in [-0.4, -0.2) is 52.5 Å². The summed E-state index contributed by atoms with van der Waals surface area (Å²) in [5.74, 6) is 0.0503. The number of pyridine rings is 1. The molecule has 1 amide bonds. The van der Waals surface area contributed by atoms with Crippen molar-refractivity contribution in [1.29, 1.82) is 0 Å². The van der Waals surface area contributed by atoms with Gasteiger partial charge in [0.2, 0.25) is 5.91 Å². The molecule has 0 N–H and O–H groups in total. The minimum Gasteiger partial charge on any atom is -0.339 e. The summed E-state index contributed by atoms with van der Waals surface area (Å²) >= 11 is 0. The van der Waals surface area contributed by atoms with Gasteiger partial charge in [0.15, 0.2) is 0 Å². The number of amides is 1. The van der Waals surface area contributed by atoms with Crippen molar-refractivity contribution in [2.24, 2.45) is 0 Å². The molecule has 2 heterocycles. The van der Waals surface area contributed by atoms with Crippen molar-refractivity contribution in [2.75, 3.05) is 26.2 Å². The van der Waals surface area contributed by atoms with Gasteiger partial charge in [0.05, 0.1) is 0 Å². The third-order valence-corrected chi connectivity index (χ3v) is 4.71. The van der Waals surface area contributed by atoms with E-state index in [-0.39, 0.29) is 18.0 Å². The van der Waals surface area contributed by atoms with Crippen LogP contribution in [0.2, 0.25) is 0 Å². The summed E-state index contributed by atoms with van der Waals surface area (Å²) in [5.41, 5.74) is -0.115. The Morgan fingerprint density at radius 2 is 1.81 bits per heavy atom. The summed E-state index contributed by atoms with van der Waals surface area (Å²) in [6, 6.07) is 5.71. The zero-order chi connectivity index (χ0) is 14.7. The molecule has 0 radical (unpaired) electrons. The van der Waals surface area contributed by atoms with Gasteiger partial charge in [0.1, 0.15) is 6.54 Å². The Kier molecular flexibility index (Phi) is 4.39. The third-order valence-electron chi connectivity index (χ3n) is 4.71. The fraction of sp³-hybridized carbons (Fsp3) is 0.625. The van der Waals surface area contributed by atoms with Gasteiger partial charge in [-0.15, -0.1) is 0 Å². The van der Waals surface area contributed by atoms with Crippen LogP contribution in [0.5, 0.6) is 0 Å². The molecule has 21 heavy (non-hydrogen) atoms. The van der Waals surface area contributed by atoms with Crippen molar-refractivity contribution in [3.8, 4) is 0 Å². The molecule has 0 spiro atoms. The Bertz CT molecular complexity index is 540. The number of carbonyl (C=O) groups excluding carboxylic acids is 1. The van der Waals surface area contributed by atoms with Gasteiger partial charge in [-0.3, -0.25) is 14.5 Å². The summed E-state index contributed by atoms with van der Waals surface area (Å²) in [4.78, 5) is 28.4. The maximum Gasteiger partial charge on any atom is 0.250 e. The standard InChI is InChI=1S/C16H23N3O2/c20-15-7-3-4-8-19(15)13-16(21)18-11-9-17(10-12-18)14-5-1-2-6-14/h3-4,7-8,14H,1-2,5-6,9-13H2. The van der Waals surface area contributed by atoms with Crippen LogP contribution in [-0.2, 0) is 11.3 Å². The molecule has 5 heteroatoms. The fourth-order valence-corrected chi connectivity index (χ4v) is 3.44. The number of piperazine rings is 1. The predicted octanol–water partition coefficient (Wildman–Crippen LogP) is 0.935. The molecule has 1 aromatic rings. The normalized spacial score (nSPS) is 20.9. The molecule has 3 rings (SSSR count). The van der Waals surface area contributed by atoms with E-state index in [1.807, 2.05) is 4.90 Å². The van der Waals surface area contributed by atoms with Gasteiger partial charge in [-0.2, -0.15) is 0 Å². The highest BCUT2D eigenvalue weighted by atomic mass is 16.2. The SMILES string of the molecule is O=C(Cn1ccccc1=O)N1CCN(C2CCCC2)CC1. The Balaban J connectivity index is 1.53. The summed E-state index contributed by atoms with van der Waals surface area (Å²) in [5, 5.41) is 0. The van der Waals surface area contributed by atoms with Gasteiger partial charge in [-0.25, -0.2) is 0 Å². The molecule has 1 saturated carbocycles. The minimum atomic E-state index is -0.115. The van der Waals surface area contributed by atoms with Crippen LogP contribution in [0.1, 0.15) is 25.7 Å². The Morgan fingerprint density at radius 1 is 1.10 bits per heavy atom. The Morgan fingerprint density at radius 3 is 2.48 bits per heavy atom. The first-order valence-electron chi connectivity index (χ1n) is 7.91. The van der Waals surface area contributed by atoms with E-state index in [9.17, 15) is 9.59 Å². The number of aromatic nitrogens is 1. The van der Waals surface area contributed by atoms with Crippen molar-refractivity contribution in [3.63, 3.8) is 0 Å². The lowest BCUT2D eigenvalue weighted by Gasteiger charge is -2.38. The molecule has 2 aliphatic rings. The lowest BCUT2D eigenvalue weighted by Crippen LogP contribution is -2.52.